The Bertz CT molecular complexity index is 631. The Morgan fingerprint density at radius 1 is 1.35 bits per heavy atom. The van der Waals surface area contributed by atoms with Crippen LogP contribution in [0.3, 0.4) is 0 Å². The second-order valence-electron chi connectivity index (χ2n) is 5.38. The normalized spacial score (nSPS) is 22.2. The van der Waals surface area contributed by atoms with Gasteiger partial charge in [-0.1, -0.05) is 24.4 Å². The van der Waals surface area contributed by atoms with Crippen LogP contribution in [0.5, 0.6) is 0 Å². The average molecular weight is 289 g/mol. The molecule has 2 aliphatic rings. The van der Waals surface area contributed by atoms with E-state index in [9.17, 15) is 9.59 Å². The number of amides is 1. The lowest BCUT2D eigenvalue weighted by molar-refractivity contribution is -0.121. The lowest BCUT2D eigenvalue weighted by Gasteiger charge is -2.24. The van der Waals surface area contributed by atoms with Crippen molar-refractivity contribution >= 4 is 29.0 Å². The predicted molar refractivity (Wildman–Crippen MR) is 74.4 cm³/mol. The van der Waals surface area contributed by atoms with E-state index >= 15 is 0 Å². The highest BCUT2D eigenvalue weighted by atomic mass is 35.5. The number of hydrogen-bond donors (Lipinski definition) is 0. The molecule has 5 heteroatoms. The smallest absolute Gasteiger partial charge is 0.235 e. The number of benzene rings is 1. The van der Waals surface area contributed by atoms with Crippen molar-refractivity contribution < 1.29 is 9.59 Å². The molecule has 20 heavy (non-hydrogen) atoms. The van der Waals surface area contributed by atoms with Crippen molar-refractivity contribution in [2.45, 2.75) is 31.7 Å². The van der Waals surface area contributed by atoms with Gasteiger partial charge in [0.1, 0.15) is 6.07 Å². The summed E-state index contributed by atoms with van der Waals surface area (Å²) in [6, 6.07) is 6.48. The zero-order valence-electron chi connectivity index (χ0n) is 10.8. The Hall–Kier alpha value is -1.86. The molecule has 1 aromatic rings. The fourth-order valence-corrected chi connectivity index (χ4v) is 2.86. The number of anilines is 1. The second kappa shape index (κ2) is 4.92. The van der Waals surface area contributed by atoms with Crippen molar-refractivity contribution in [1.82, 2.24) is 0 Å². The fourth-order valence-electron chi connectivity index (χ4n) is 2.64. The first kappa shape index (κ1) is 13.1. The Labute approximate surface area is 121 Å². The molecule has 1 aromatic carbocycles. The third kappa shape index (κ3) is 2.30. The number of Topliss-reactive ketones (excluding diaryl/α,β-unsaturated/α-hetero) is 1. The molecule has 1 aliphatic carbocycles. The van der Waals surface area contributed by atoms with Crippen LogP contribution in [0.1, 0.15) is 31.2 Å². The first-order valence-electron chi connectivity index (χ1n) is 6.64. The first-order chi connectivity index (χ1) is 9.60. The maximum atomic E-state index is 12.1. The van der Waals surface area contributed by atoms with Gasteiger partial charge < -0.3 is 4.90 Å². The van der Waals surface area contributed by atoms with Crippen molar-refractivity contribution in [2.24, 2.45) is 5.92 Å². The quantitative estimate of drug-likeness (QED) is 0.803. The van der Waals surface area contributed by atoms with Crippen molar-refractivity contribution in [2.75, 3.05) is 4.90 Å². The molecule has 1 aliphatic heterocycles. The van der Waals surface area contributed by atoms with Gasteiger partial charge in [0.15, 0.2) is 5.78 Å². The van der Waals surface area contributed by atoms with Gasteiger partial charge in [0.25, 0.3) is 0 Å². The molecular formula is C15H13ClN2O2. The standard InChI is InChI=1S/C15H13ClN2O2/c16-12-6-11(4-3-10(12)8-17)18-13(5-9-1-2-9)14(19)7-15(18)20/h3-4,6,9,13H,1-2,5,7H2. The number of nitrogens with zero attached hydrogens (tertiary/aromatic N) is 2. The number of carbonyl (C=O) groups is 2. The first-order valence-corrected chi connectivity index (χ1v) is 7.02. The van der Waals surface area contributed by atoms with E-state index in [1.54, 1.807) is 23.1 Å². The molecule has 3 rings (SSSR count). The van der Waals surface area contributed by atoms with Gasteiger partial charge in [-0.2, -0.15) is 5.26 Å². The van der Waals surface area contributed by atoms with E-state index in [1.165, 1.54) is 0 Å². The molecule has 0 radical (unpaired) electrons. The Kier molecular flexibility index (Phi) is 3.23. The summed E-state index contributed by atoms with van der Waals surface area (Å²) in [5, 5.41) is 9.19. The van der Waals surface area contributed by atoms with Crippen LogP contribution in [0.25, 0.3) is 0 Å². The van der Waals surface area contributed by atoms with E-state index in [1.807, 2.05) is 6.07 Å². The van der Waals surface area contributed by atoms with Crippen LogP contribution in [0.2, 0.25) is 5.02 Å². The molecule has 1 unspecified atom stereocenters. The number of hydrogen-bond acceptors (Lipinski definition) is 3. The Balaban J connectivity index is 1.93. The van der Waals surface area contributed by atoms with Gasteiger partial charge >= 0.3 is 0 Å². The van der Waals surface area contributed by atoms with E-state index in [2.05, 4.69) is 0 Å². The van der Waals surface area contributed by atoms with Crippen molar-refractivity contribution in [3.63, 3.8) is 0 Å². The largest absolute Gasteiger partial charge is 0.301 e. The summed E-state index contributed by atoms with van der Waals surface area (Å²) >= 11 is 6.01. The molecule has 1 amide bonds. The second-order valence-corrected chi connectivity index (χ2v) is 5.78. The predicted octanol–water partition coefficient (Wildman–Crippen LogP) is 2.69. The topological polar surface area (TPSA) is 61.2 Å². The van der Waals surface area contributed by atoms with Gasteiger partial charge in [0, 0.05) is 5.69 Å². The van der Waals surface area contributed by atoms with E-state index in [4.69, 9.17) is 16.9 Å². The zero-order valence-corrected chi connectivity index (χ0v) is 11.6. The molecule has 1 atom stereocenters. The molecule has 102 valence electrons. The molecule has 1 saturated carbocycles. The number of ketones is 1. The average Bonchev–Trinajstić information content (AvgIpc) is 3.17. The summed E-state index contributed by atoms with van der Waals surface area (Å²) in [6.45, 7) is 0. The van der Waals surface area contributed by atoms with Gasteiger partial charge in [-0.05, 0) is 30.5 Å². The molecule has 0 bridgehead atoms. The Morgan fingerprint density at radius 3 is 2.70 bits per heavy atom. The lowest BCUT2D eigenvalue weighted by Crippen LogP contribution is -2.36. The van der Waals surface area contributed by atoms with Crippen molar-refractivity contribution in [3.8, 4) is 6.07 Å². The van der Waals surface area contributed by atoms with Gasteiger partial charge in [-0.25, -0.2) is 0 Å². The summed E-state index contributed by atoms with van der Waals surface area (Å²) < 4.78 is 0. The van der Waals surface area contributed by atoms with E-state index in [0.29, 0.717) is 22.2 Å². The highest BCUT2D eigenvalue weighted by Gasteiger charge is 2.42. The summed E-state index contributed by atoms with van der Waals surface area (Å²) in [4.78, 5) is 25.6. The number of nitriles is 1. The van der Waals surface area contributed by atoms with Gasteiger partial charge in [-0.3, -0.25) is 9.59 Å². The van der Waals surface area contributed by atoms with Crippen LogP contribution in [0.4, 0.5) is 5.69 Å². The van der Waals surface area contributed by atoms with Gasteiger partial charge in [0.05, 0.1) is 23.0 Å². The summed E-state index contributed by atoms with van der Waals surface area (Å²) in [6.07, 6.45) is 2.98. The third-order valence-corrected chi connectivity index (χ3v) is 4.20. The SMILES string of the molecule is N#Cc1ccc(N2C(=O)CC(=O)C2CC2CC2)cc1Cl. The molecule has 0 spiro atoms. The summed E-state index contributed by atoms with van der Waals surface area (Å²) in [5.41, 5.74) is 0.975. The molecule has 1 heterocycles. The highest BCUT2D eigenvalue weighted by molar-refractivity contribution is 6.32. The zero-order chi connectivity index (χ0) is 14.3. The molecule has 0 N–H and O–H groups in total. The number of rotatable bonds is 3. The molecule has 2 fully saturated rings. The van der Waals surface area contributed by atoms with Crippen molar-refractivity contribution in [3.05, 3.63) is 28.8 Å². The summed E-state index contributed by atoms with van der Waals surface area (Å²) in [5.74, 6) is 0.370. The molecule has 1 saturated heterocycles. The van der Waals surface area contributed by atoms with Crippen LogP contribution in [-0.4, -0.2) is 17.7 Å². The van der Waals surface area contributed by atoms with E-state index in [0.717, 1.165) is 19.3 Å². The van der Waals surface area contributed by atoms with Crippen LogP contribution >= 0.6 is 11.6 Å². The molecule has 0 aromatic heterocycles. The molecule has 4 nitrogen and oxygen atoms in total. The monoisotopic (exact) mass is 288 g/mol. The highest BCUT2D eigenvalue weighted by Crippen LogP contribution is 2.38. The Morgan fingerprint density at radius 2 is 2.10 bits per heavy atom. The maximum absolute atomic E-state index is 12.1. The van der Waals surface area contributed by atoms with E-state index < -0.39 is 0 Å². The molecular weight excluding hydrogens is 276 g/mol. The van der Waals surface area contributed by atoms with Gasteiger partial charge in [-0.15, -0.1) is 0 Å². The number of carbonyl (C=O) groups excluding carboxylic acids is 2. The minimum atomic E-state index is -0.362. The lowest BCUT2D eigenvalue weighted by atomic mass is 10.1. The van der Waals surface area contributed by atoms with Crippen LogP contribution in [0.15, 0.2) is 18.2 Å². The van der Waals surface area contributed by atoms with E-state index in [-0.39, 0.29) is 24.2 Å². The van der Waals surface area contributed by atoms with Crippen LogP contribution in [0, 0.1) is 17.2 Å². The summed E-state index contributed by atoms with van der Waals surface area (Å²) in [7, 11) is 0. The van der Waals surface area contributed by atoms with Crippen LogP contribution in [-0.2, 0) is 9.59 Å². The minimum absolute atomic E-state index is 0.0117. The van der Waals surface area contributed by atoms with Crippen LogP contribution < -0.4 is 4.90 Å². The fraction of sp³-hybridized carbons (Fsp3) is 0.400. The number of halogens is 1. The minimum Gasteiger partial charge on any atom is -0.301 e. The van der Waals surface area contributed by atoms with Crippen molar-refractivity contribution in [1.29, 1.82) is 5.26 Å². The van der Waals surface area contributed by atoms with Gasteiger partial charge in [0.2, 0.25) is 5.91 Å². The third-order valence-electron chi connectivity index (χ3n) is 3.88. The maximum Gasteiger partial charge on any atom is 0.235 e.